The molecule has 2 rings (SSSR count). The Balaban J connectivity index is 1.90. The smallest absolute Gasteiger partial charge is 0.258 e. The van der Waals surface area contributed by atoms with Crippen molar-refractivity contribution in [3.8, 4) is 0 Å². The highest BCUT2D eigenvalue weighted by molar-refractivity contribution is 9.10. The Bertz CT molecular complexity index is 513. The Hall–Kier alpha value is -1.24. The Kier molecular flexibility index (Phi) is 5.28. The van der Waals surface area contributed by atoms with E-state index in [1.807, 2.05) is 5.01 Å². The van der Waals surface area contributed by atoms with Crippen molar-refractivity contribution < 1.29 is 9.18 Å². The minimum absolute atomic E-state index is 0.242. The monoisotopic (exact) mass is 341 g/mol. The van der Waals surface area contributed by atoms with Crippen LogP contribution < -0.4 is 5.43 Å². The first-order chi connectivity index (χ1) is 9.54. The predicted molar refractivity (Wildman–Crippen MR) is 80.3 cm³/mol. The molecule has 1 heterocycles. The average molecular weight is 342 g/mol. The van der Waals surface area contributed by atoms with Gasteiger partial charge in [0.25, 0.3) is 5.91 Å². The summed E-state index contributed by atoms with van der Waals surface area (Å²) < 4.78 is 14.3. The molecular formula is C14H17BrFN3O. The van der Waals surface area contributed by atoms with Crippen molar-refractivity contribution in [1.82, 2.24) is 15.3 Å². The third-order valence-corrected chi connectivity index (χ3v) is 3.64. The van der Waals surface area contributed by atoms with Gasteiger partial charge in [-0.3, -0.25) is 10.2 Å². The van der Waals surface area contributed by atoms with Gasteiger partial charge in [-0.15, -0.1) is 0 Å². The average Bonchev–Trinajstić information content (AvgIpc) is 2.42. The number of halogens is 2. The molecule has 1 fully saturated rings. The zero-order valence-corrected chi connectivity index (χ0v) is 12.9. The van der Waals surface area contributed by atoms with E-state index in [-0.39, 0.29) is 11.7 Å². The number of benzene rings is 1. The summed E-state index contributed by atoms with van der Waals surface area (Å²) in [7, 11) is 2.05. The van der Waals surface area contributed by atoms with Crippen LogP contribution in [0.2, 0.25) is 0 Å². The predicted octanol–water partition coefficient (Wildman–Crippen LogP) is 1.88. The molecule has 0 saturated carbocycles. The second kappa shape index (κ2) is 6.97. The van der Waals surface area contributed by atoms with Crippen LogP contribution in [0.15, 0.2) is 28.7 Å². The van der Waals surface area contributed by atoms with Gasteiger partial charge < -0.3 is 4.90 Å². The van der Waals surface area contributed by atoms with Crippen LogP contribution in [0.4, 0.5) is 4.39 Å². The Morgan fingerprint density at radius 2 is 2.05 bits per heavy atom. The summed E-state index contributed by atoms with van der Waals surface area (Å²) in [6.45, 7) is 3.43. The highest BCUT2D eigenvalue weighted by atomic mass is 79.9. The third kappa shape index (κ3) is 4.40. The lowest BCUT2D eigenvalue weighted by Crippen LogP contribution is -2.52. The molecular weight excluding hydrogens is 325 g/mol. The molecule has 1 aromatic carbocycles. The van der Waals surface area contributed by atoms with Crippen LogP contribution >= 0.6 is 15.9 Å². The number of nitrogens with one attached hydrogen (secondary N) is 1. The molecule has 0 aliphatic carbocycles. The summed E-state index contributed by atoms with van der Waals surface area (Å²) in [5.74, 6) is -0.592. The number of piperazine rings is 1. The first-order valence-electron chi connectivity index (χ1n) is 6.42. The van der Waals surface area contributed by atoms with Crippen molar-refractivity contribution in [2.45, 2.75) is 0 Å². The summed E-state index contributed by atoms with van der Waals surface area (Å²) in [4.78, 5) is 14.0. The fraction of sp³-hybridized carbons (Fsp3) is 0.357. The molecule has 20 heavy (non-hydrogen) atoms. The van der Waals surface area contributed by atoms with E-state index in [0.29, 0.717) is 5.56 Å². The Labute approximate surface area is 126 Å². The zero-order valence-electron chi connectivity index (χ0n) is 11.3. The van der Waals surface area contributed by atoms with Crippen molar-refractivity contribution in [2.75, 3.05) is 33.2 Å². The highest BCUT2D eigenvalue weighted by Gasteiger charge is 2.14. The molecule has 1 aliphatic rings. The standard InChI is InChI=1S/C14H17BrFN3O/c1-18-6-8-19(9-7-18)17-14(20)5-2-11-10-12(15)3-4-13(11)16/h2-5,10H,6-9H2,1H3,(H,17,20)/b5-2+. The largest absolute Gasteiger partial charge is 0.304 e. The number of nitrogens with zero attached hydrogens (tertiary/aromatic N) is 2. The number of hydrazine groups is 1. The Morgan fingerprint density at radius 3 is 2.75 bits per heavy atom. The van der Waals surface area contributed by atoms with Crippen molar-refractivity contribution in [3.05, 3.63) is 40.1 Å². The summed E-state index contributed by atoms with van der Waals surface area (Å²) in [5.41, 5.74) is 3.17. The second-order valence-electron chi connectivity index (χ2n) is 4.77. The first-order valence-corrected chi connectivity index (χ1v) is 7.21. The summed E-state index contributed by atoms with van der Waals surface area (Å²) in [6, 6.07) is 4.62. The Morgan fingerprint density at radius 1 is 1.35 bits per heavy atom. The van der Waals surface area contributed by atoms with E-state index in [2.05, 4.69) is 33.3 Å². The first kappa shape index (κ1) is 15.2. The lowest BCUT2D eigenvalue weighted by Gasteiger charge is -2.31. The van der Waals surface area contributed by atoms with E-state index in [1.165, 1.54) is 18.2 Å². The second-order valence-corrected chi connectivity index (χ2v) is 5.68. The quantitative estimate of drug-likeness (QED) is 0.852. The van der Waals surface area contributed by atoms with Gasteiger partial charge in [-0.1, -0.05) is 15.9 Å². The molecule has 4 nitrogen and oxygen atoms in total. The normalized spacial score (nSPS) is 17.6. The molecule has 0 unspecified atom stereocenters. The van der Waals surface area contributed by atoms with Crippen LogP contribution in [-0.2, 0) is 4.79 Å². The van der Waals surface area contributed by atoms with Gasteiger partial charge in [0.15, 0.2) is 0 Å². The molecule has 0 aromatic heterocycles. The number of hydrogen-bond acceptors (Lipinski definition) is 3. The summed E-state index contributed by atoms with van der Waals surface area (Å²) in [6.07, 6.45) is 2.83. The summed E-state index contributed by atoms with van der Waals surface area (Å²) in [5, 5.41) is 1.88. The van der Waals surface area contributed by atoms with Crippen molar-refractivity contribution >= 4 is 27.9 Å². The van der Waals surface area contributed by atoms with Gasteiger partial charge in [0.1, 0.15) is 5.82 Å². The highest BCUT2D eigenvalue weighted by Crippen LogP contribution is 2.16. The van der Waals surface area contributed by atoms with Gasteiger partial charge in [0.2, 0.25) is 0 Å². The fourth-order valence-corrected chi connectivity index (χ4v) is 2.30. The fourth-order valence-electron chi connectivity index (χ4n) is 1.92. The molecule has 1 aromatic rings. The molecule has 1 N–H and O–H groups in total. The number of carbonyl (C=O) groups excluding carboxylic acids is 1. The molecule has 1 amide bonds. The number of likely N-dealkylation sites (N-methyl/N-ethyl adjacent to an activating group) is 1. The molecule has 0 spiro atoms. The van der Waals surface area contributed by atoms with Crippen LogP contribution in [0.25, 0.3) is 6.08 Å². The number of carbonyl (C=O) groups is 1. The van der Waals surface area contributed by atoms with E-state index < -0.39 is 0 Å². The van der Waals surface area contributed by atoms with Crippen molar-refractivity contribution in [2.24, 2.45) is 0 Å². The molecule has 1 saturated heterocycles. The maximum atomic E-state index is 13.5. The maximum Gasteiger partial charge on any atom is 0.258 e. The van der Waals surface area contributed by atoms with Crippen LogP contribution in [-0.4, -0.2) is 49.0 Å². The molecule has 1 aliphatic heterocycles. The molecule has 0 radical (unpaired) electrons. The lowest BCUT2D eigenvalue weighted by atomic mass is 10.2. The van der Waals surface area contributed by atoms with Gasteiger partial charge >= 0.3 is 0 Å². The third-order valence-electron chi connectivity index (χ3n) is 3.14. The van der Waals surface area contributed by atoms with E-state index in [1.54, 1.807) is 12.1 Å². The van der Waals surface area contributed by atoms with Crippen LogP contribution in [0.1, 0.15) is 5.56 Å². The molecule has 0 atom stereocenters. The topological polar surface area (TPSA) is 35.6 Å². The SMILES string of the molecule is CN1CCN(NC(=O)/C=C/c2cc(Br)ccc2F)CC1. The summed E-state index contributed by atoms with van der Waals surface area (Å²) >= 11 is 3.27. The molecule has 0 bridgehead atoms. The van der Waals surface area contributed by atoms with Gasteiger partial charge in [-0.2, -0.15) is 0 Å². The van der Waals surface area contributed by atoms with E-state index in [0.717, 1.165) is 30.7 Å². The van der Waals surface area contributed by atoms with Gasteiger partial charge in [-0.05, 0) is 31.3 Å². The number of rotatable bonds is 3. The van der Waals surface area contributed by atoms with Crippen LogP contribution in [0.3, 0.4) is 0 Å². The number of hydrogen-bond donors (Lipinski definition) is 1. The van der Waals surface area contributed by atoms with E-state index in [4.69, 9.17) is 0 Å². The van der Waals surface area contributed by atoms with Gasteiger partial charge in [-0.25, -0.2) is 9.40 Å². The van der Waals surface area contributed by atoms with Gasteiger partial charge in [0, 0.05) is 42.3 Å². The van der Waals surface area contributed by atoms with Crippen molar-refractivity contribution in [3.63, 3.8) is 0 Å². The number of amides is 1. The minimum Gasteiger partial charge on any atom is -0.304 e. The van der Waals surface area contributed by atoms with E-state index in [9.17, 15) is 9.18 Å². The van der Waals surface area contributed by atoms with E-state index >= 15 is 0 Å². The lowest BCUT2D eigenvalue weighted by molar-refractivity contribution is -0.121. The minimum atomic E-state index is -0.350. The maximum absolute atomic E-state index is 13.5. The van der Waals surface area contributed by atoms with Crippen LogP contribution in [0, 0.1) is 5.82 Å². The van der Waals surface area contributed by atoms with Gasteiger partial charge in [0.05, 0.1) is 0 Å². The molecule has 108 valence electrons. The zero-order chi connectivity index (χ0) is 14.5. The van der Waals surface area contributed by atoms with Crippen LogP contribution in [0.5, 0.6) is 0 Å². The van der Waals surface area contributed by atoms with Crippen molar-refractivity contribution in [1.29, 1.82) is 0 Å². The molecule has 6 heteroatoms.